The predicted molar refractivity (Wildman–Crippen MR) is 48.8 cm³/mol. The van der Waals surface area contributed by atoms with Crippen molar-refractivity contribution in [2.75, 3.05) is 0 Å². The van der Waals surface area contributed by atoms with Gasteiger partial charge in [0.05, 0.1) is 0 Å². The fraction of sp³-hybridized carbons (Fsp3) is 0.778. The van der Waals surface area contributed by atoms with Crippen LogP contribution in [0.15, 0.2) is 0 Å². The first kappa shape index (κ1) is 10.0. The minimum atomic E-state index is -0.847. The average molecular weight is 184 g/mol. The quantitative estimate of drug-likeness (QED) is 0.549. The third kappa shape index (κ3) is 1.99. The van der Waals surface area contributed by atoms with Crippen molar-refractivity contribution in [2.24, 2.45) is 5.73 Å². The van der Waals surface area contributed by atoms with Gasteiger partial charge in [0.15, 0.2) is 0 Å². The lowest BCUT2D eigenvalue weighted by Crippen LogP contribution is -2.51. The van der Waals surface area contributed by atoms with E-state index in [1.165, 1.54) is 0 Å². The summed E-state index contributed by atoms with van der Waals surface area (Å²) in [6, 6.07) is 0.285. The van der Waals surface area contributed by atoms with Crippen LogP contribution in [0.2, 0.25) is 0 Å². The zero-order chi connectivity index (χ0) is 10.0. The van der Waals surface area contributed by atoms with E-state index in [1.807, 2.05) is 13.8 Å². The van der Waals surface area contributed by atoms with Gasteiger partial charge < -0.3 is 10.6 Å². The molecule has 1 fully saturated rings. The zero-order valence-corrected chi connectivity index (χ0v) is 8.12. The lowest BCUT2D eigenvalue weighted by molar-refractivity contribution is -0.148. The summed E-state index contributed by atoms with van der Waals surface area (Å²) >= 11 is 0. The van der Waals surface area contributed by atoms with Crippen molar-refractivity contribution in [3.8, 4) is 0 Å². The molecule has 1 aliphatic heterocycles. The monoisotopic (exact) mass is 184 g/mol. The van der Waals surface area contributed by atoms with Crippen LogP contribution in [0, 0.1) is 0 Å². The fourth-order valence-electron chi connectivity index (χ4n) is 1.95. The number of carbonyl (C=O) groups is 2. The molecule has 0 bridgehead atoms. The third-order valence-corrected chi connectivity index (χ3v) is 2.64. The molecule has 2 atom stereocenters. The summed E-state index contributed by atoms with van der Waals surface area (Å²) in [6.07, 6.45) is 3.04. The van der Waals surface area contributed by atoms with Crippen LogP contribution in [0.1, 0.15) is 33.1 Å². The molecule has 4 heteroatoms. The number of nitrogens with two attached hydrogens (primary N) is 1. The highest BCUT2D eigenvalue weighted by Gasteiger charge is 2.31. The summed E-state index contributed by atoms with van der Waals surface area (Å²) in [4.78, 5) is 23.7. The smallest absolute Gasteiger partial charge is 0.312 e. The highest BCUT2D eigenvalue weighted by molar-refractivity contribution is 6.34. The Hall–Kier alpha value is -1.06. The van der Waals surface area contributed by atoms with Crippen molar-refractivity contribution in [1.29, 1.82) is 0 Å². The molecule has 0 radical (unpaired) electrons. The first-order chi connectivity index (χ1) is 6.04. The molecule has 74 valence electrons. The molecule has 1 aliphatic rings. The Morgan fingerprint density at radius 1 is 1.23 bits per heavy atom. The van der Waals surface area contributed by atoms with Crippen LogP contribution in [0.3, 0.4) is 0 Å². The van der Waals surface area contributed by atoms with Gasteiger partial charge in [-0.1, -0.05) is 0 Å². The van der Waals surface area contributed by atoms with Gasteiger partial charge in [-0.2, -0.15) is 0 Å². The maximum atomic E-state index is 11.4. The molecule has 0 aromatic heterocycles. The Morgan fingerprint density at radius 3 is 2.08 bits per heavy atom. The Bertz CT molecular complexity index is 218. The summed E-state index contributed by atoms with van der Waals surface area (Å²) in [5, 5.41) is 0. The van der Waals surface area contributed by atoms with Crippen molar-refractivity contribution < 1.29 is 9.59 Å². The number of primary amides is 1. The highest BCUT2D eigenvalue weighted by Crippen LogP contribution is 2.22. The molecular weight excluding hydrogens is 168 g/mol. The maximum Gasteiger partial charge on any atom is 0.312 e. The average Bonchev–Trinajstić information content (AvgIpc) is 2.03. The van der Waals surface area contributed by atoms with Gasteiger partial charge in [0.2, 0.25) is 0 Å². The summed E-state index contributed by atoms with van der Waals surface area (Å²) < 4.78 is 0. The standard InChI is InChI=1S/C9H16N2O2/c1-6-4-3-5-7(2)11(6)9(13)8(10)12/h6-7H,3-5H2,1-2H3,(H2,10,12). The van der Waals surface area contributed by atoms with Gasteiger partial charge in [-0.3, -0.25) is 9.59 Å². The molecule has 4 nitrogen and oxygen atoms in total. The van der Waals surface area contributed by atoms with Gasteiger partial charge in [-0.05, 0) is 33.1 Å². The van der Waals surface area contributed by atoms with Gasteiger partial charge in [0.1, 0.15) is 0 Å². The molecule has 0 spiro atoms. The van der Waals surface area contributed by atoms with Crippen LogP contribution in [0.4, 0.5) is 0 Å². The number of amides is 2. The van der Waals surface area contributed by atoms with E-state index in [2.05, 4.69) is 0 Å². The van der Waals surface area contributed by atoms with E-state index in [4.69, 9.17) is 5.73 Å². The van der Waals surface area contributed by atoms with E-state index in [-0.39, 0.29) is 12.1 Å². The predicted octanol–water partition coefficient (Wildman–Crippen LogP) is 0.261. The number of piperidine rings is 1. The van der Waals surface area contributed by atoms with Crippen LogP contribution in [-0.2, 0) is 9.59 Å². The summed E-state index contributed by atoms with van der Waals surface area (Å²) in [5.41, 5.74) is 4.96. The van der Waals surface area contributed by atoms with E-state index in [0.29, 0.717) is 0 Å². The van der Waals surface area contributed by atoms with Crippen LogP contribution in [-0.4, -0.2) is 28.8 Å². The van der Waals surface area contributed by atoms with Crippen LogP contribution in [0.25, 0.3) is 0 Å². The van der Waals surface area contributed by atoms with E-state index < -0.39 is 11.8 Å². The first-order valence-electron chi connectivity index (χ1n) is 4.66. The van der Waals surface area contributed by atoms with Gasteiger partial charge in [0, 0.05) is 12.1 Å². The highest BCUT2D eigenvalue weighted by atomic mass is 16.2. The largest absolute Gasteiger partial charge is 0.361 e. The summed E-state index contributed by atoms with van der Waals surface area (Å²) in [7, 11) is 0. The van der Waals surface area contributed by atoms with Crippen LogP contribution >= 0.6 is 0 Å². The number of hydrogen-bond donors (Lipinski definition) is 1. The van der Waals surface area contributed by atoms with Gasteiger partial charge in [0.25, 0.3) is 0 Å². The molecule has 1 rings (SSSR count). The van der Waals surface area contributed by atoms with Crippen molar-refractivity contribution in [3.05, 3.63) is 0 Å². The van der Waals surface area contributed by atoms with E-state index >= 15 is 0 Å². The molecule has 1 saturated heterocycles. The SMILES string of the molecule is CC1CCCC(C)N1C(=O)C(N)=O. The maximum absolute atomic E-state index is 11.4. The van der Waals surface area contributed by atoms with E-state index in [9.17, 15) is 9.59 Å². The van der Waals surface area contributed by atoms with Crippen molar-refractivity contribution >= 4 is 11.8 Å². The molecule has 0 aromatic carbocycles. The second kappa shape index (κ2) is 3.77. The molecule has 2 unspecified atom stereocenters. The number of rotatable bonds is 0. The number of nitrogens with zero attached hydrogens (tertiary/aromatic N) is 1. The molecule has 2 amide bonds. The van der Waals surface area contributed by atoms with Gasteiger partial charge in [-0.25, -0.2) is 0 Å². The Labute approximate surface area is 78.1 Å². The molecule has 0 saturated carbocycles. The summed E-state index contributed by atoms with van der Waals surface area (Å²) in [5.74, 6) is -1.39. The molecular formula is C9H16N2O2. The Morgan fingerprint density at radius 2 is 1.69 bits per heavy atom. The minimum absolute atomic E-state index is 0.142. The van der Waals surface area contributed by atoms with E-state index in [0.717, 1.165) is 19.3 Å². The van der Waals surface area contributed by atoms with Crippen molar-refractivity contribution in [1.82, 2.24) is 4.90 Å². The lowest BCUT2D eigenvalue weighted by atomic mass is 9.97. The first-order valence-corrected chi connectivity index (χ1v) is 4.66. The third-order valence-electron chi connectivity index (χ3n) is 2.64. The van der Waals surface area contributed by atoms with Gasteiger partial charge >= 0.3 is 11.8 Å². The molecule has 2 N–H and O–H groups in total. The van der Waals surface area contributed by atoms with Crippen molar-refractivity contribution in [3.63, 3.8) is 0 Å². The number of likely N-dealkylation sites (tertiary alicyclic amines) is 1. The fourth-order valence-corrected chi connectivity index (χ4v) is 1.95. The number of hydrogen-bond acceptors (Lipinski definition) is 2. The zero-order valence-electron chi connectivity index (χ0n) is 8.12. The Kier molecular flexibility index (Phi) is 2.90. The molecule has 13 heavy (non-hydrogen) atoms. The lowest BCUT2D eigenvalue weighted by Gasteiger charge is -2.38. The summed E-state index contributed by atoms with van der Waals surface area (Å²) in [6.45, 7) is 3.91. The van der Waals surface area contributed by atoms with E-state index in [1.54, 1.807) is 4.90 Å². The molecule has 0 aromatic rings. The Balaban J connectivity index is 2.74. The molecule has 0 aliphatic carbocycles. The normalized spacial score (nSPS) is 28.6. The topological polar surface area (TPSA) is 63.4 Å². The van der Waals surface area contributed by atoms with Crippen LogP contribution in [0.5, 0.6) is 0 Å². The van der Waals surface area contributed by atoms with Crippen LogP contribution < -0.4 is 5.73 Å². The van der Waals surface area contributed by atoms with Crippen molar-refractivity contribution in [2.45, 2.75) is 45.2 Å². The number of carbonyl (C=O) groups excluding carboxylic acids is 2. The minimum Gasteiger partial charge on any atom is -0.361 e. The molecule has 1 heterocycles. The second-order valence-electron chi connectivity index (χ2n) is 3.71. The second-order valence-corrected chi connectivity index (χ2v) is 3.71. The van der Waals surface area contributed by atoms with Gasteiger partial charge in [-0.15, -0.1) is 0 Å².